The van der Waals surface area contributed by atoms with Gasteiger partial charge >= 0.3 is 24.3 Å². The van der Waals surface area contributed by atoms with Gasteiger partial charge in [-0.3, -0.25) is 9.58 Å². The number of fused-ring (bicyclic) bond motifs is 1. The van der Waals surface area contributed by atoms with Crippen molar-refractivity contribution in [3.63, 3.8) is 0 Å². The summed E-state index contributed by atoms with van der Waals surface area (Å²) < 4.78 is 65.3. The standard InChI is InChI=1S/C18H24N6O.2C2HF3O2/c1-13(25)17-11-24(22-21-17)10-14-6-8-23(9-7-14)12-18-19-15-4-2-3-5-16(15)20-18;2*3-2(4,5)1(6)7/h2-5,11,13-14,25H,6-10,12H2,1H3,(H,19,20);2*(H,6,7). The number of carboxylic acids is 2. The molecule has 0 amide bonds. The molecule has 0 saturated carbocycles. The van der Waals surface area contributed by atoms with Crippen molar-refractivity contribution in [2.45, 2.75) is 51.3 Å². The van der Waals surface area contributed by atoms with Gasteiger partial charge in [-0.15, -0.1) is 5.10 Å². The number of aliphatic carboxylic acids is 2. The lowest BCUT2D eigenvalue weighted by Crippen LogP contribution is -2.34. The summed E-state index contributed by atoms with van der Waals surface area (Å²) in [5, 5.41) is 31.9. The number of aliphatic hydroxyl groups excluding tert-OH is 1. The minimum atomic E-state index is -5.08. The SMILES string of the molecule is CC(O)c1cn(CC2CCN(Cc3nc4ccccc4[nH]3)CC2)nn1.O=C(O)C(F)(F)F.O=C(O)C(F)(F)F. The number of aromatic nitrogens is 5. The number of halogens is 6. The molecule has 0 radical (unpaired) electrons. The van der Waals surface area contributed by atoms with E-state index in [1.54, 1.807) is 6.92 Å². The van der Waals surface area contributed by atoms with E-state index in [1.165, 1.54) is 0 Å². The van der Waals surface area contributed by atoms with E-state index in [9.17, 15) is 31.4 Å². The van der Waals surface area contributed by atoms with Crippen LogP contribution < -0.4 is 0 Å². The normalized spacial score (nSPS) is 15.6. The molecule has 0 spiro atoms. The number of nitrogens with zero attached hydrogens (tertiary/aromatic N) is 5. The van der Waals surface area contributed by atoms with Crippen molar-refractivity contribution in [2.24, 2.45) is 5.92 Å². The van der Waals surface area contributed by atoms with E-state index in [4.69, 9.17) is 19.8 Å². The van der Waals surface area contributed by atoms with Gasteiger partial charge in [0.15, 0.2) is 0 Å². The summed E-state index contributed by atoms with van der Waals surface area (Å²) in [6.45, 7) is 5.60. The lowest BCUT2D eigenvalue weighted by molar-refractivity contribution is -0.193. The van der Waals surface area contributed by atoms with Crippen LogP contribution in [-0.2, 0) is 22.7 Å². The molecule has 4 N–H and O–H groups in total. The molecule has 4 rings (SSSR count). The van der Waals surface area contributed by atoms with Crippen LogP contribution in [0.15, 0.2) is 30.5 Å². The van der Waals surface area contributed by atoms with Gasteiger partial charge in [0.25, 0.3) is 0 Å². The molecule has 0 aliphatic carbocycles. The van der Waals surface area contributed by atoms with Gasteiger partial charge in [-0.05, 0) is 50.9 Å². The number of para-hydroxylation sites is 2. The molecule has 1 fully saturated rings. The van der Waals surface area contributed by atoms with Crippen molar-refractivity contribution < 1.29 is 51.3 Å². The summed E-state index contributed by atoms with van der Waals surface area (Å²) in [5.41, 5.74) is 2.78. The predicted octanol–water partition coefficient (Wildman–Crippen LogP) is 3.39. The number of aromatic amines is 1. The van der Waals surface area contributed by atoms with Gasteiger partial charge in [0.1, 0.15) is 11.5 Å². The molecular formula is C22H26F6N6O5. The Morgan fingerprint density at radius 1 is 1.05 bits per heavy atom. The van der Waals surface area contributed by atoms with E-state index in [0.29, 0.717) is 11.6 Å². The van der Waals surface area contributed by atoms with Crippen molar-refractivity contribution in [1.29, 1.82) is 0 Å². The van der Waals surface area contributed by atoms with Gasteiger partial charge in [-0.2, -0.15) is 26.3 Å². The minimum Gasteiger partial charge on any atom is -0.475 e. The Morgan fingerprint density at radius 3 is 2.05 bits per heavy atom. The van der Waals surface area contributed by atoms with Gasteiger partial charge in [0.2, 0.25) is 0 Å². The van der Waals surface area contributed by atoms with Gasteiger partial charge < -0.3 is 20.3 Å². The number of benzene rings is 1. The number of hydrogen-bond donors (Lipinski definition) is 4. The molecule has 0 bridgehead atoms. The maximum absolute atomic E-state index is 10.6. The number of rotatable bonds is 5. The number of aliphatic hydroxyl groups is 1. The van der Waals surface area contributed by atoms with Gasteiger partial charge in [-0.25, -0.2) is 14.6 Å². The molecule has 11 nitrogen and oxygen atoms in total. The Balaban J connectivity index is 0.000000317. The van der Waals surface area contributed by atoms with Crippen molar-refractivity contribution in [2.75, 3.05) is 13.1 Å². The first-order valence-electron chi connectivity index (χ1n) is 11.4. The number of carboxylic acid groups (broad SMARTS) is 2. The minimum absolute atomic E-state index is 0.556. The molecule has 1 unspecified atom stereocenters. The van der Waals surface area contributed by atoms with Gasteiger partial charge in [0, 0.05) is 6.54 Å². The first-order valence-corrected chi connectivity index (χ1v) is 11.4. The number of hydrogen-bond acceptors (Lipinski definition) is 7. The number of imidazole rings is 1. The topological polar surface area (TPSA) is 157 Å². The zero-order chi connectivity index (χ0) is 29.4. The summed E-state index contributed by atoms with van der Waals surface area (Å²) in [4.78, 5) is 28.3. The van der Waals surface area contributed by atoms with Crippen LogP contribution in [0.5, 0.6) is 0 Å². The third-order valence-electron chi connectivity index (χ3n) is 5.43. The fourth-order valence-electron chi connectivity index (χ4n) is 3.48. The molecular weight excluding hydrogens is 542 g/mol. The number of likely N-dealkylation sites (tertiary alicyclic amines) is 1. The fourth-order valence-corrected chi connectivity index (χ4v) is 3.48. The second-order valence-electron chi connectivity index (χ2n) is 8.57. The highest BCUT2D eigenvalue weighted by Gasteiger charge is 2.38. The van der Waals surface area contributed by atoms with Crippen molar-refractivity contribution in [1.82, 2.24) is 29.9 Å². The highest BCUT2D eigenvalue weighted by atomic mass is 19.4. The van der Waals surface area contributed by atoms with Gasteiger partial charge in [0.05, 0.1) is 29.9 Å². The highest BCUT2D eigenvalue weighted by molar-refractivity contribution is 5.74. The molecule has 1 aromatic carbocycles. The van der Waals surface area contributed by atoms with Crippen LogP contribution in [0.25, 0.3) is 11.0 Å². The van der Waals surface area contributed by atoms with Crippen molar-refractivity contribution in [3.8, 4) is 0 Å². The molecule has 39 heavy (non-hydrogen) atoms. The monoisotopic (exact) mass is 568 g/mol. The number of nitrogens with one attached hydrogen (secondary N) is 1. The fraction of sp³-hybridized carbons (Fsp3) is 0.500. The van der Waals surface area contributed by atoms with E-state index in [2.05, 4.69) is 31.2 Å². The Labute approximate surface area is 217 Å². The van der Waals surface area contributed by atoms with E-state index < -0.39 is 30.4 Å². The number of carbonyl (C=O) groups is 2. The zero-order valence-corrected chi connectivity index (χ0v) is 20.4. The molecule has 17 heteroatoms. The van der Waals surface area contributed by atoms with Crippen LogP contribution in [0.1, 0.15) is 37.4 Å². The predicted molar refractivity (Wildman–Crippen MR) is 122 cm³/mol. The Morgan fingerprint density at radius 2 is 1.59 bits per heavy atom. The zero-order valence-electron chi connectivity index (χ0n) is 20.4. The maximum Gasteiger partial charge on any atom is 0.490 e. The third kappa shape index (κ3) is 10.5. The van der Waals surface area contributed by atoms with Crippen LogP contribution in [-0.4, -0.2) is 82.6 Å². The summed E-state index contributed by atoms with van der Waals surface area (Å²) in [6.07, 6.45) is -6.58. The van der Waals surface area contributed by atoms with E-state index in [-0.39, 0.29) is 0 Å². The first kappa shape index (κ1) is 31.5. The van der Waals surface area contributed by atoms with Crippen LogP contribution in [0.4, 0.5) is 26.3 Å². The third-order valence-corrected chi connectivity index (χ3v) is 5.43. The average molecular weight is 568 g/mol. The molecule has 1 atom stereocenters. The highest BCUT2D eigenvalue weighted by Crippen LogP contribution is 2.21. The van der Waals surface area contributed by atoms with E-state index in [0.717, 1.165) is 55.9 Å². The van der Waals surface area contributed by atoms with Crippen molar-refractivity contribution >= 4 is 23.0 Å². The molecule has 1 aliphatic rings. The second kappa shape index (κ2) is 13.4. The van der Waals surface area contributed by atoms with Crippen LogP contribution in [0, 0.1) is 5.92 Å². The molecule has 1 saturated heterocycles. The van der Waals surface area contributed by atoms with Gasteiger partial charge in [-0.1, -0.05) is 17.3 Å². The largest absolute Gasteiger partial charge is 0.490 e. The number of alkyl halides is 6. The van der Waals surface area contributed by atoms with E-state index >= 15 is 0 Å². The second-order valence-corrected chi connectivity index (χ2v) is 8.57. The first-order chi connectivity index (χ1) is 18.1. The maximum atomic E-state index is 10.6. The summed E-state index contributed by atoms with van der Waals surface area (Å²) in [6, 6.07) is 8.16. The summed E-state index contributed by atoms with van der Waals surface area (Å²) in [7, 11) is 0. The molecule has 3 heterocycles. The lowest BCUT2D eigenvalue weighted by Gasteiger charge is -2.31. The van der Waals surface area contributed by atoms with E-state index in [1.807, 2.05) is 29.1 Å². The Hall–Kier alpha value is -3.73. The number of piperidine rings is 1. The van der Waals surface area contributed by atoms with Crippen LogP contribution >= 0.6 is 0 Å². The average Bonchev–Trinajstić information content (AvgIpc) is 3.46. The molecule has 216 valence electrons. The van der Waals surface area contributed by atoms with Crippen molar-refractivity contribution in [3.05, 3.63) is 42.0 Å². The molecule has 2 aromatic heterocycles. The summed E-state index contributed by atoms with van der Waals surface area (Å²) in [5.74, 6) is -3.87. The molecule has 3 aromatic rings. The Bertz CT molecular complexity index is 1160. The Kier molecular flexibility index (Phi) is 10.8. The quantitative estimate of drug-likeness (QED) is 0.339. The smallest absolute Gasteiger partial charge is 0.475 e. The van der Waals surface area contributed by atoms with Crippen LogP contribution in [0.3, 0.4) is 0 Å². The lowest BCUT2D eigenvalue weighted by atomic mass is 9.97. The molecule has 1 aliphatic heterocycles. The summed E-state index contributed by atoms with van der Waals surface area (Å²) >= 11 is 0. The van der Waals surface area contributed by atoms with Crippen LogP contribution in [0.2, 0.25) is 0 Å². The number of H-pyrrole nitrogens is 1.